The fourth-order valence-corrected chi connectivity index (χ4v) is 3.01. The largest absolute Gasteiger partial charge is 0.481 e. The van der Waals surface area contributed by atoms with Crippen LogP contribution in [-0.2, 0) is 17.8 Å². The van der Waals surface area contributed by atoms with Crippen LogP contribution in [-0.4, -0.2) is 15.6 Å². The third kappa shape index (κ3) is 3.08. The molecule has 0 radical (unpaired) electrons. The number of fused-ring (bicyclic) bond motifs is 1. The van der Waals surface area contributed by atoms with Gasteiger partial charge in [0, 0.05) is 27.7 Å². The van der Waals surface area contributed by atoms with Crippen LogP contribution in [0.1, 0.15) is 16.7 Å². The number of aliphatic carboxylic acids is 1. The number of hydrogen-bond donors (Lipinski definition) is 1. The first kappa shape index (κ1) is 15.6. The van der Waals surface area contributed by atoms with Crippen molar-refractivity contribution < 1.29 is 14.3 Å². The molecule has 3 rings (SSSR count). The maximum atomic E-state index is 14.0. The lowest BCUT2D eigenvalue weighted by Crippen LogP contribution is -2.03. The van der Waals surface area contributed by atoms with Gasteiger partial charge in [-0.3, -0.25) is 4.79 Å². The Morgan fingerprint density at radius 2 is 2.09 bits per heavy atom. The Bertz CT molecular complexity index is 881. The third-order valence-corrected chi connectivity index (χ3v) is 4.25. The zero-order valence-corrected chi connectivity index (χ0v) is 13.3. The second-order valence-corrected chi connectivity index (χ2v) is 5.97. The molecule has 118 valence electrons. The van der Waals surface area contributed by atoms with Crippen LogP contribution < -0.4 is 0 Å². The second-order valence-electron chi connectivity index (χ2n) is 5.56. The van der Waals surface area contributed by atoms with Gasteiger partial charge in [0.15, 0.2) is 0 Å². The molecular weight excluding hydrogens is 317 g/mol. The standard InChI is InChI=1S/C18H15ClFNO2/c1-11-9-21(10-14-15(19)3-2-4-16(14)20)17-7-12(8-18(22)23)5-6-13(11)17/h2-7,9H,8,10H2,1H3,(H,22,23). The van der Waals surface area contributed by atoms with Crippen molar-refractivity contribution >= 4 is 28.5 Å². The smallest absolute Gasteiger partial charge is 0.307 e. The molecule has 3 aromatic rings. The number of aromatic nitrogens is 1. The summed E-state index contributed by atoms with van der Waals surface area (Å²) in [6.07, 6.45) is 1.89. The lowest BCUT2D eigenvalue weighted by molar-refractivity contribution is -0.136. The molecule has 0 bridgehead atoms. The van der Waals surface area contributed by atoms with Crippen molar-refractivity contribution in [2.24, 2.45) is 0 Å². The topological polar surface area (TPSA) is 42.2 Å². The van der Waals surface area contributed by atoms with E-state index in [1.807, 2.05) is 35.9 Å². The number of nitrogens with zero attached hydrogens (tertiary/aromatic N) is 1. The van der Waals surface area contributed by atoms with E-state index >= 15 is 0 Å². The van der Waals surface area contributed by atoms with E-state index in [-0.39, 0.29) is 12.2 Å². The molecule has 0 unspecified atom stereocenters. The van der Waals surface area contributed by atoms with Gasteiger partial charge < -0.3 is 9.67 Å². The number of halogens is 2. The van der Waals surface area contributed by atoms with E-state index in [1.165, 1.54) is 6.07 Å². The normalized spacial score (nSPS) is 11.1. The van der Waals surface area contributed by atoms with Crippen LogP contribution in [0, 0.1) is 12.7 Å². The van der Waals surface area contributed by atoms with E-state index < -0.39 is 5.97 Å². The summed E-state index contributed by atoms with van der Waals surface area (Å²) in [6.45, 7) is 2.27. The molecule has 0 fully saturated rings. The van der Waals surface area contributed by atoms with Gasteiger partial charge in [-0.15, -0.1) is 0 Å². The van der Waals surface area contributed by atoms with E-state index in [0.29, 0.717) is 22.7 Å². The number of carboxylic acids is 1. The van der Waals surface area contributed by atoms with Gasteiger partial charge in [0.1, 0.15) is 5.82 Å². The van der Waals surface area contributed by atoms with Gasteiger partial charge in [-0.1, -0.05) is 29.8 Å². The van der Waals surface area contributed by atoms with Crippen LogP contribution in [0.3, 0.4) is 0 Å². The zero-order chi connectivity index (χ0) is 16.6. The first-order valence-electron chi connectivity index (χ1n) is 7.19. The van der Waals surface area contributed by atoms with Crippen molar-refractivity contribution in [3.8, 4) is 0 Å². The van der Waals surface area contributed by atoms with Gasteiger partial charge in [0.05, 0.1) is 13.0 Å². The maximum Gasteiger partial charge on any atom is 0.307 e. The number of hydrogen-bond acceptors (Lipinski definition) is 1. The molecule has 1 aromatic heterocycles. The van der Waals surface area contributed by atoms with Crippen molar-refractivity contribution in [1.29, 1.82) is 0 Å². The molecule has 2 aromatic carbocycles. The van der Waals surface area contributed by atoms with Gasteiger partial charge in [0.25, 0.3) is 0 Å². The summed E-state index contributed by atoms with van der Waals surface area (Å²) in [4.78, 5) is 10.9. The first-order valence-corrected chi connectivity index (χ1v) is 7.56. The molecule has 23 heavy (non-hydrogen) atoms. The Morgan fingerprint density at radius 3 is 2.78 bits per heavy atom. The van der Waals surface area contributed by atoms with Crippen LogP contribution in [0.4, 0.5) is 4.39 Å². The monoisotopic (exact) mass is 331 g/mol. The number of benzene rings is 2. The van der Waals surface area contributed by atoms with Crippen LogP contribution in [0.2, 0.25) is 5.02 Å². The Hall–Kier alpha value is -2.33. The molecule has 1 heterocycles. The Balaban J connectivity index is 2.08. The summed E-state index contributed by atoms with van der Waals surface area (Å²) < 4.78 is 15.9. The molecule has 0 aliphatic rings. The molecule has 0 amide bonds. The predicted octanol–water partition coefficient (Wildman–Crippen LogP) is 4.42. The van der Waals surface area contributed by atoms with E-state index in [0.717, 1.165) is 16.5 Å². The fraction of sp³-hybridized carbons (Fsp3) is 0.167. The maximum absolute atomic E-state index is 14.0. The third-order valence-electron chi connectivity index (χ3n) is 3.89. The molecule has 0 atom stereocenters. The molecular formula is C18H15ClFNO2. The van der Waals surface area contributed by atoms with E-state index in [2.05, 4.69) is 0 Å². The minimum Gasteiger partial charge on any atom is -0.481 e. The molecule has 3 nitrogen and oxygen atoms in total. The van der Waals surface area contributed by atoms with Crippen molar-refractivity contribution in [2.75, 3.05) is 0 Å². The summed E-state index contributed by atoms with van der Waals surface area (Å²) in [6, 6.07) is 10.2. The lowest BCUT2D eigenvalue weighted by atomic mass is 10.1. The molecule has 0 saturated heterocycles. The fourth-order valence-electron chi connectivity index (χ4n) is 2.79. The van der Waals surface area contributed by atoms with Crippen molar-refractivity contribution in [2.45, 2.75) is 19.9 Å². The van der Waals surface area contributed by atoms with Gasteiger partial charge in [-0.05, 0) is 36.2 Å². The summed E-state index contributed by atoms with van der Waals surface area (Å²) in [5.74, 6) is -1.23. The Kier molecular flexibility index (Phi) is 4.09. The van der Waals surface area contributed by atoms with Gasteiger partial charge in [0.2, 0.25) is 0 Å². The summed E-state index contributed by atoms with van der Waals surface area (Å²) in [5.41, 5.74) is 3.06. The van der Waals surface area contributed by atoms with Crippen LogP contribution in [0.25, 0.3) is 10.9 Å². The lowest BCUT2D eigenvalue weighted by Gasteiger charge is -2.09. The van der Waals surface area contributed by atoms with E-state index in [4.69, 9.17) is 16.7 Å². The minimum atomic E-state index is -0.878. The van der Waals surface area contributed by atoms with Crippen LogP contribution >= 0.6 is 11.6 Å². The number of rotatable bonds is 4. The minimum absolute atomic E-state index is 0.0410. The highest BCUT2D eigenvalue weighted by molar-refractivity contribution is 6.31. The quantitative estimate of drug-likeness (QED) is 0.769. The van der Waals surface area contributed by atoms with Crippen molar-refractivity contribution in [3.63, 3.8) is 0 Å². The first-order chi connectivity index (χ1) is 11.0. The van der Waals surface area contributed by atoms with Crippen LogP contribution in [0.5, 0.6) is 0 Å². The van der Waals surface area contributed by atoms with E-state index in [1.54, 1.807) is 12.1 Å². The Labute approximate surface area is 137 Å². The number of aryl methyl sites for hydroxylation is 1. The molecule has 0 saturated carbocycles. The highest BCUT2D eigenvalue weighted by atomic mass is 35.5. The second kappa shape index (κ2) is 6.05. The van der Waals surface area contributed by atoms with E-state index in [9.17, 15) is 9.18 Å². The summed E-state index contributed by atoms with van der Waals surface area (Å²) in [5, 5.41) is 10.3. The average molecular weight is 332 g/mol. The average Bonchev–Trinajstić information content (AvgIpc) is 2.78. The Morgan fingerprint density at radius 1 is 1.30 bits per heavy atom. The van der Waals surface area contributed by atoms with Crippen LogP contribution in [0.15, 0.2) is 42.6 Å². The van der Waals surface area contributed by atoms with Gasteiger partial charge in [-0.2, -0.15) is 0 Å². The number of carboxylic acid groups (broad SMARTS) is 1. The number of carbonyl (C=O) groups is 1. The molecule has 0 spiro atoms. The molecule has 1 N–H and O–H groups in total. The zero-order valence-electron chi connectivity index (χ0n) is 12.5. The highest BCUT2D eigenvalue weighted by Gasteiger charge is 2.12. The molecule has 0 aliphatic heterocycles. The predicted molar refractivity (Wildman–Crippen MR) is 88.5 cm³/mol. The molecule has 5 heteroatoms. The summed E-state index contributed by atoms with van der Waals surface area (Å²) >= 11 is 6.11. The van der Waals surface area contributed by atoms with Gasteiger partial charge in [-0.25, -0.2) is 4.39 Å². The highest BCUT2D eigenvalue weighted by Crippen LogP contribution is 2.26. The SMILES string of the molecule is Cc1cn(Cc2c(F)cccc2Cl)c2cc(CC(=O)O)ccc12. The van der Waals surface area contributed by atoms with Crippen molar-refractivity contribution in [1.82, 2.24) is 4.57 Å². The van der Waals surface area contributed by atoms with Crippen molar-refractivity contribution in [3.05, 3.63) is 70.1 Å². The van der Waals surface area contributed by atoms with Gasteiger partial charge >= 0.3 is 5.97 Å². The molecule has 0 aliphatic carbocycles. The summed E-state index contributed by atoms with van der Waals surface area (Å²) in [7, 11) is 0.